The van der Waals surface area contributed by atoms with Crippen LogP contribution in [0, 0.1) is 0 Å². The van der Waals surface area contributed by atoms with Crippen LogP contribution in [0.1, 0.15) is 44.5 Å². The van der Waals surface area contributed by atoms with Gasteiger partial charge in [0, 0.05) is 16.4 Å². The Morgan fingerprint density at radius 1 is 1.46 bits per heavy atom. The third-order valence-electron chi connectivity index (χ3n) is 3.69. The summed E-state index contributed by atoms with van der Waals surface area (Å²) in [6, 6.07) is 5.65. The number of hydrogen-bond acceptors (Lipinski definition) is 4. The zero-order valence-electron chi connectivity index (χ0n) is 13.4. The van der Waals surface area contributed by atoms with E-state index in [2.05, 4.69) is 49.9 Å². The molecule has 1 amide bonds. The molecule has 0 saturated heterocycles. The van der Waals surface area contributed by atoms with E-state index in [9.17, 15) is 4.79 Å². The second-order valence-corrected chi connectivity index (χ2v) is 8.31. The van der Waals surface area contributed by atoms with Crippen LogP contribution in [0.2, 0.25) is 5.02 Å². The van der Waals surface area contributed by atoms with Crippen molar-refractivity contribution in [3.63, 3.8) is 0 Å². The second kappa shape index (κ2) is 7.45. The summed E-state index contributed by atoms with van der Waals surface area (Å²) in [7, 11) is 0. The van der Waals surface area contributed by atoms with Gasteiger partial charge in [0.25, 0.3) is 0 Å². The van der Waals surface area contributed by atoms with Crippen LogP contribution < -0.4 is 5.32 Å². The average molecular weight is 430 g/mol. The Kier molecular flexibility index (Phi) is 5.52. The van der Waals surface area contributed by atoms with E-state index >= 15 is 0 Å². The molecule has 1 heterocycles. The van der Waals surface area contributed by atoms with Crippen LogP contribution in [-0.4, -0.2) is 26.4 Å². The van der Waals surface area contributed by atoms with Crippen molar-refractivity contribution in [2.24, 2.45) is 0 Å². The van der Waals surface area contributed by atoms with Crippen molar-refractivity contribution in [3.8, 4) is 0 Å². The first-order chi connectivity index (χ1) is 11.5. The summed E-state index contributed by atoms with van der Waals surface area (Å²) in [5, 5.41) is 12.7. The predicted octanol–water partition coefficient (Wildman–Crippen LogP) is 4.88. The highest BCUT2D eigenvalue weighted by Gasteiger charge is 2.31. The van der Waals surface area contributed by atoms with Gasteiger partial charge in [-0.3, -0.25) is 4.79 Å². The molecule has 1 fully saturated rings. The van der Waals surface area contributed by atoms with Crippen LogP contribution in [0.15, 0.2) is 27.8 Å². The molecule has 8 heteroatoms. The first-order valence-corrected chi connectivity index (χ1v) is 9.94. The molecule has 5 nitrogen and oxygen atoms in total. The van der Waals surface area contributed by atoms with Crippen molar-refractivity contribution in [2.75, 3.05) is 11.1 Å². The predicted molar refractivity (Wildman–Crippen MR) is 101 cm³/mol. The SMILES string of the molecule is CC(C)n1c(SCC(=O)Nc2ccc(Br)cc2Cl)nnc1C1CC1. The normalized spacial score (nSPS) is 14.2. The first-order valence-electron chi connectivity index (χ1n) is 7.78. The van der Waals surface area contributed by atoms with Crippen LogP contribution in [-0.2, 0) is 4.79 Å². The molecule has 1 aromatic heterocycles. The molecule has 0 radical (unpaired) electrons. The van der Waals surface area contributed by atoms with Crippen LogP contribution in [0.3, 0.4) is 0 Å². The van der Waals surface area contributed by atoms with Crippen molar-refractivity contribution in [3.05, 3.63) is 33.5 Å². The van der Waals surface area contributed by atoms with Gasteiger partial charge in [-0.1, -0.05) is 39.3 Å². The molecular formula is C16H18BrClN4OS. The van der Waals surface area contributed by atoms with Gasteiger partial charge in [-0.25, -0.2) is 0 Å². The number of amides is 1. The Labute approximate surface area is 158 Å². The maximum atomic E-state index is 12.2. The molecule has 1 saturated carbocycles. The highest BCUT2D eigenvalue weighted by Crippen LogP contribution is 2.41. The monoisotopic (exact) mass is 428 g/mol. The quantitative estimate of drug-likeness (QED) is 0.665. The fourth-order valence-corrected chi connectivity index (χ4v) is 3.99. The molecule has 0 spiro atoms. The lowest BCUT2D eigenvalue weighted by atomic mass is 10.3. The zero-order valence-corrected chi connectivity index (χ0v) is 16.6. The van der Waals surface area contributed by atoms with E-state index in [0.717, 1.165) is 15.5 Å². The molecule has 0 atom stereocenters. The summed E-state index contributed by atoms with van der Waals surface area (Å²) in [6.07, 6.45) is 2.36. The highest BCUT2D eigenvalue weighted by molar-refractivity contribution is 9.10. The average Bonchev–Trinajstić information content (AvgIpc) is 3.27. The van der Waals surface area contributed by atoms with E-state index in [0.29, 0.717) is 16.6 Å². The zero-order chi connectivity index (χ0) is 17.3. The van der Waals surface area contributed by atoms with E-state index < -0.39 is 0 Å². The van der Waals surface area contributed by atoms with Crippen molar-refractivity contribution >= 4 is 50.9 Å². The van der Waals surface area contributed by atoms with Gasteiger partial charge in [0.2, 0.25) is 5.91 Å². The van der Waals surface area contributed by atoms with Gasteiger partial charge in [-0.2, -0.15) is 0 Å². The van der Waals surface area contributed by atoms with Crippen LogP contribution in [0.4, 0.5) is 5.69 Å². The first kappa shape index (κ1) is 17.8. The van der Waals surface area contributed by atoms with E-state index in [1.165, 1.54) is 24.6 Å². The molecule has 0 aliphatic heterocycles. The van der Waals surface area contributed by atoms with E-state index in [4.69, 9.17) is 11.6 Å². The van der Waals surface area contributed by atoms with E-state index in [1.807, 2.05) is 6.07 Å². The summed E-state index contributed by atoms with van der Waals surface area (Å²) in [5.74, 6) is 1.73. The van der Waals surface area contributed by atoms with Gasteiger partial charge in [0.1, 0.15) is 5.82 Å². The number of thioether (sulfide) groups is 1. The molecule has 1 aliphatic rings. The van der Waals surface area contributed by atoms with Gasteiger partial charge in [0.15, 0.2) is 5.16 Å². The Bertz CT molecular complexity index is 761. The number of halogens is 2. The number of anilines is 1. The Morgan fingerprint density at radius 2 is 2.21 bits per heavy atom. The highest BCUT2D eigenvalue weighted by atomic mass is 79.9. The molecule has 128 valence electrons. The minimum Gasteiger partial charge on any atom is -0.324 e. The maximum Gasteiger partial charge on any atom is 0.234 e. The molecule has 1 aromatic carbocycles. The summed E-state index contributed by atoms with van der Waals surface area (Å²) in [4.78, 5) is 12.2. The molecular weight excluding hydrogens is 412 g/mol. The smallest absolute Gasteiger partial charge is 0.234 e. The number of aromatic nitrogens is 3. The van der Waals surface area contributed by atoms with Crippen molar-refractivity contribution in [1.29, 1.82) is 0 Å². The van der Waals surface area contributed by atoms with Gasteiger partial charge in [-0.05, 0) is 44.9 Å². The maximum absolute atomic E-state index is 12.2. The molecule has 0 unspecified atom stereocenters. The number of carbonyl (C=O) groups excluding carboxylic acids is 1. The number of nitrogens with one attached hydrogen (secondary N) is 1. The Balaban J connectivity index is 1.64. The molecule has 0 bridgehead atoms. The Hall–Kier alpha value is -1.05. The van der Waals surface area contributed by atoms with Gasteiger partial charge < -0.3 is 9.88 Å². The van der Waals surface area contributed by atoms with Crippen molar-refractivity contribution in [2.45, 2.75) is 43.8 Å². The summed E-state index contributed by atoms with van der Waals surface area (Å²) >= 11 is 10.9. The van der Waals surface area contributed by atoms with Gasteiger partial charge >= 0.3 is 0 Å². The topological polar surface area (TPSA) is 59.8 Å². The number of hydrogen-bond donors (Lipinski definition) is 1. The lowest BCUT2D eigenvalue weighted by molar-refractivity contribution is -0.113. The standard InChI is InChI=1S/C16H18BrClN4OS/c1-9(2)22-15(10-3-4-10)20-21-16(22)24-8-14(23)19-13-6-5-11(17)7-12(13)18/h5-7,9-10H,3-4,8H2,1-2H3,(H,19,23). The van der Waals surface area contributed by atoms with Crippen molar-refractivity contribution in [1.82, 2.24) is 14.8 Å². The van der Waals surface area contributed by atoms with Gasteiger partial charge in [-0.15, -0.1) is 10.2 Å². The molecule has 3 rings (SSSR count). The summed E-state index contributed by atoms with van der Waals surface area (Å²) in [5.41, 5.74) is 0.606. The molecule has 1 aliphatic carbocycles. The third-order valence-corrected chi connectivity index (χ3v) is 5.44. The van der Waals surface area contributed by atoms with Crippen molar-refractivity contribution < 1.29 is 4.79 Å². The second-order valence-electron chi connectivity index (χ2n) is 6.04. The van der Waals surface area contributed by atoms with Crippen LogP contribution >= 0.6 is 39.3 Å². The number of nitrogens with zero attached hydrogens (tertiary/aromatic N) is 3. The van der Waals surface area contributed by atoms with E-state index in [1.54, 1.807) is 12.1 Å². The fourth-order valence-electron chi connectivity index (χ4n) is 2.40. The molecule has 24 heavy (non-hydrogen) atoms. The fraction of sp³-hybridized carbons (Fsp3) is 0.438. The Morgan fingerprint density at radius 3 is 2.83 bits per heavy atom. The lowest BCUT2D eigenvalue weighted by Gasteiger charge is -2.13. The van der Waals surface area contributed by atoms with Crippen LogP contribution in [0.25, 0.3) is 0 Å². The number of rotatable bonds is 6. The van der Waals surface area contributed by atoms with E-state index in [-0.39, 0.29) is 17.7 Å². The largest absolute Gasteiger partial charge is 0.324 e. The summed E-state index contributed by atoms with van der Waals surface area (Å²) < 4.78 is 3.01. The third kappa shape index (κ3) is 4.13. The minimum absolute atomic E-state index is 0.115. The number of benzene rings is 1. The molecule has 1 N–H and O–H groups in total. The molecule has 2 aromatic rings. The number of carbonyl (C=O) groups is 1. The lowest BCUT2D eigenvalue weighted by Crippen LogP contribution is -2.15. The van der Waals surface area contributed by atoms with Crippen LogP contribution in [0.5, 0.6) is 0 Å². The minimum atomic E-state index is -0.115. The summed E-state index contributed by atoms with van der Waals surface area (Å²) in [6.45, 7) is 4.22. The van der Waals surface area contributed by atoms with Gasteiger partial charge in [0.05, 0.1) is 16.5 Å².